The summed E-state index contributed by atoms with van der Waals surface area (Å²) in [7, 11) is 0. The van der Waals surface area contributed by atoms with E-state index < -0.39 is 0 Å². The van der Waals surface area contributed by atoms with Crippen molar-refractivity contribution in [2.45, 2.75) is 51.1 Å². The lowest BCUT2D eigenvalue weighted by atomic mass is 9.76. The maximum Gasteiger partial charge on any atom is 0.0408 e. The minimum absolute atomic E-state index is 0.543. The van der Waals surface area contributed by atoms with Gasteiger partial charge >= 0.3 is 0 Å². The lowest BCUT2D eigenvalue weighted by Gasteiger charge is -2.37. The van der Waals surface area contributed by atoms with Crippen LogP contribution in [0.4, 0.5) is 0 Å². The Morgan fingerprint density at radius 2 is 2.00 bits per heavy atom. The summed E-state index contributed by atoms with van der Waals surface area (Å²) in [6.07, 6.45) is 3.88. The third-order valence-electron chi connectivity index (χ3n) is 4.41. The topological polar surface area (TPSA) is 12.0 Å². The summed E-state index contributed by atoms with van der Waals surface area (Å²) in [5, 5.41) is 4.63. The van der Waals surface area contributed by atoms with Crippen LogP contribution in [0.15, 0.2) is 24.3 Å². The van der Waals surface area contributed by atoms with Crippen LogP contribution in [0.2, 0.25) is 5.02 Å². The molecule has 2 aliphatic carbocycles. The average Bonchev–Trinajstić information content (AvgIpc) is 2.79. The van der Waals surface area contributed by atoms with E-state index in [1.807, 2.05) is 6.07 Å². The molecular weight excluding hydrogens is 230 g/mol. The van der Waals surface area contributed by atoms with Crippen LogP contribution in [-0.4, -0.2) is 12.1 Å². The predicted octanol–water partition coefficient (Wildman–Crippen LogP) is 3.97. The Morgan fingerprint density at radius 1 is 1.29 bits per heavy atom. The van der Waals surface area contributed by atoms with Gasteiger partial charge in [0, 0.05) is 17.1 Å². The zero-order chi connectivity index (χ0) is 12.0. The van der Waals surface area contributed by atoms with E-state index in [4.69, 9.17) is 11.6 Å². The van der Waals surface area contributed by atoms with Crippen LogP contribution in [0, 0.1) is 5.41 Å². The van der Waals surface area contributed by atoms with E-state index in [1.54, 1.807) is 0 Å². The van der Waals surface area contributed by atoms with Gasteiger partial charge < -0.3 is 5.32 Å². The molecule has 2 heteroatoms. The molecule has 1 aromatic carbocycles. The van der Waals surface area contributed by atoms with Gasteiger partial charge in [-0.1, -0.05) is 37.6 Å². The molecule has 17 heavy (non-hydrogen) atoms. The second-order valence-corrected chi connectivity index (χ2v) is 6.77. The summed E-state index contributed by atoms with van der Waals surface area (Å²) in [5.74, 6) is 0.716. The van der Waals surface area contributed by atoms with Crippen molar-refractivity contribution in [2.75, 3.05) is 0 Å². The van der Waals surface area contributed by atoms with E-state index in [0.717, 1.165) is 17.1 Å². The van der Waals surface area contributed by atoms with Crippen molar-refractivity contribution in [3.05, 3.63) is 34.9 Å². The van der Waals surface area contributed by atoms with Crippen molar-refractivity contribution < 1.29 is 0 Å². The standard InChI is InChI=1S/C15H20ClN/c1-15(2)9-14(15)17-13-7-11(8-13)10-4-3-5-12(16)6-10/h3-6,11,13-14,17H,7-9H2,1-2H3. The van der Waals surface area contributed by atoms with Crippen molar-refractivity contribution >= 4 is 11.6 Å². The van der Waals surface area contributed by atoms with E-state index in [2.05, 4.69) is 37.4 Å². The molecule has 0 saturated heterocycles. The molecule has 1 N–H and O–H groups in total. The monoisotopic (exact) mass is 249 g/mol. The van der Waals surface area contributed by atoms with Crippen molar-refractivity contribution in [1.29, 1.82) is 0 Å². The lowest BCUT2D eigenvalue weighted by Crippen LogP contribution is -2.42. The maximum absolute atomic E-state index is 6.02. The first-order valence-corrected chi connectivity index (χ1v) is 6.94. The van der Waals surface area contributed by atoms with Crippen molar-refractivity contribution in [3.63, 3.8) is 0 Å². The van der Waals surface area contributed by atoms with Crippen LogP contribution >= 0.6 is 11.6 Å². The number of nitrogens with one attached hydrogen (secondary N) is 1. The molecule has 92 valence electrons. The fourth-order valence-electron chi connectivity index (χ4n) is 2.82. The van der Waals surface area contributed by atoms with Gasteiger partial charge in [-0.05, 0) is 48.3 Å². The third kappa shape index (κ3) is 2.36. The van der Waals surface area contributed by atoms with Gasteiger partial charge in [0.15, 0.2) is 0 Å². The van der Waals surface area contributed by atoms with Crippen LogP contribution in [-0.2, 0) is 0 Å². The zero-order valence-electron chi connectivity index (χ0n) is 10.5. The fraction of sp³-hybridized carbons (Fsp3) is 0.600. The van der Waals surface area contributed by atoms with Crippen LogP contribution < -0.4 is 5.32 Å². The van der Waals surface area contributed by atoms with E-state index in [-0.39, 0.29) is 0 Å². The summed E-state index contributed by atoms with van der Waals surface area (Å²) < 4.78 is 0. The minimum Gasteiger partial charge on any atom is -0.311 e. The van der Waals surface area contributed by atoms with E-state index >= 15 is 0 Å². The van der Waals surface area contributed by atoms with Gasteiger partial charge in [0.25, 0.3) is 0 Å². The first-order chi connectivity index (χ1) is 8.04. The zero-order valence-corrected chi connectivity index (χ0v) is 11.3. The normalized spacial score (nSPS) is 34.2. The Balaban J connectivity index is 1.52. The molecule has 2 aliphatic rings. The van der Waals surface area contributed by atoms with Gasteiger partial charge in [-0.25, -0.2) is 0 Å². The average molecular weight is 250 g/mol. The molecule has 0 bridgehead atoms. The highest BCUT2D eigenvalue weighted by molar-refractivity contribution is 6.30. The Hall–Kier alpha value is -0.530. The van der Waals surface area contributed by atoms with Crippen LogP contribution in [0.5, 0.6) is 0 Å². The molecule has 0 heterocycles. The largest absolute Gasteiger partial charge is 0.311 e. The molecule has 2 saturated carbocycles. The molecule has 1 nitrogen and oxygen atoms in total. The highest BCUT2D eigenvalue weighted by Gasteiger charge is 2.47. The number of halogens is 1. The summed E-state index contributed by atoms with van der Waals surface area (Å²) >= 11 is 6.02. The Kier molecular flexibility index (Phi) is 2.72. The van der Waals surface area contributed by atoms with Gasteiger partial charge in [0.05, 0.1) is 0 Å². The number of benzene rings is 1. The first-order valence-electron chi connectivity index (χ1n) is 6.56. The van der Waals surface area contributed by atoms with Gasteiger partial charge in [-0.15, -0.1) is 0 Å². The van der Waals surface area contributed by atoms with Gasteiger partial charge in [-0.2, -0.15) is 0 Å². The highest BCUT2D eigenvalue weighted by atomic mass is 35.5. The van der Waals surface area contributed by atoms with Crippen LogP contribution in [0.1, 0.15) is 44.6 Å². The van der Waals surface area contributed by atoms with E-state index in [1.165, 1.54) is 24.8 Å². The number of hydrogen-bond acceptors (Lipinski definition) is 1. The molecule has 2 fully saturated rings. The molecule has 1 atom stereocenters. The van der Waals surface area contributed by atoms with Crippen molar-refractivity contribution in [3.8, 4) is 0 Å². The quantitative estimate of drug-likeness (QED) is 0.855. The van der Waals surface area contributed by atoms with Crippen molar-refractivity contribution in [2.24, 2.45) is 5.41 Å². The van der Waals surface area contributed by atoms with Gasteiger partial charge in [0.1, 0.15) is 0 Å². The SMILES string of the molecule is CC1(C)CC1NC1CC(c2cccc(Cl)c2)C1. The van der Waals surface area contributed by atoms with E-state index in [9.17, 15) is 0 Å². The van der Waals surface area contributed by atoms with Crippen molar-refractivity contribution in [1.82, 2.24) is 5.32 Å². The second kappa shape index (κ2) is 4.00. The first kappa shape index (κ1) is 11.6. The molecule has 0 radical (unpaired) electrons. The lowest BCUT2D eigenvalue weighted by molar-refractivity contribution is 0.279. The molecule has 1 aromatic rings. The Bertz CT molecular complexity index is 421. The maximum atomic E-state index is 6.02. The number of hydrogen-bond donors (Lipinski definition) is 1. The smallest absolute Gasteiger partial charge is 0.0408 e. The molecule has 0 spiro atoms. The Labute approximate surface area is 109 Å². The fourth-order valence-corrected chi connectivity index (χ4v) is 3.02. The second-order valence-electron chi connectivity index (χ2n) is 6.33. The summed E-state index contributed by atoms with van der Waals surface area (Å²) in [4.78, 5) is 0. The molecule has 0 amide bonds. The Morgan fingerprint density at radius 3 is 2.59 bits per heavy atom. The van der Waals surface area contributed by atoms with Gasteiger partial charge in [0.2, 0.25) is 0 Å². The molecule has 3 rings (SSSR count). The van der Waals surface area contributed by atoms with Gasteiger partial charge in [-0.3, -0.25) is 0 Å². The minimum atomic E-state index is 0.543. The van der Waals surface area contributed by atoms with E-state index in [0.29, 0.717) is 11.3 Å². The molecular formula is C15H20ClN. The predicted molar refractivity (Wildman–Crippen MR) is 72.5 cm³/mol. The molecule has 1 unspecified atom stereocenters. The number of rotatable bonds is 3. The summed E-state index contributed by atoms with van der Waals surface area (Å²) in [6, 6.07) is 9.81. The third-order valence-corrected chi connectivity index (χ3v) is 4.64. The molecule has 0 aromatic heterocycles. The summed E-state index contributed by atoms with van der Waals surface area (Å²) in [5.41, 5.74) is 1.95. The molecule has 0 aliphatic heterocycles. The summed E-state index contributed by atoms with van der Waals surface area (Å²) in [6.45, 7) is 4.69. The van der Waals surface area contributed by atoms with Crippen LogP contribution in [0.3, 0.4) is 0 Å². The van der Waals surface area contributed by atoms with Crippen LogP contribution in [0.25, 0.3) is 0 Å². The highest BCUT2D eigenvalue weighted by Crippen LogP contribution is 2.47.